The van der Waals surface area contributed by atoms with Gasteiger partial charge in [-0.1, -0.05) is 30.1 Å². The molecule has 1 heterocycles. The molecule has 2 atom stereocenters. The van der Waals surface area contributed by atoms with E-state index in [1.807, 2.05) is 6.92 Å². The Morgan fingerprint density at radius 2 is 2.17 bits per heavy atom. The van der Waals surface area contributed by atoms with Crippen molar-refractivity contribution >= 4 is 23.2 Å². The zero-order valence-corrected chi connectivity index (χ0v) is 18.0. The normalized spacial score (nSPS) is 22.9. The summed E-state index contributed by atoms with van der Waals surface area (Å²) in [5.41, 5.74) is 0.654. The quantitative estimate of drug-likeness (QED) is 0.550. The maximum absolute atomic E-state index is 13.1. The van der Waals surface area contributed by atoms with Crippen LogP contribution in [0.25, 0.3) is 0 Å². The molecule has 1 fully saturated rings. The molecule has 0 aromatic heterocycles. The van der Waals surface area contributed by atoms with E-state index in [1.54, 1.807) is 6.61 Å². The summed E-state index contributed by atoms with van der Waals surface area (Å²) >= 11 is 11.6. The molecular formula is C12H12Cl2CsFO2. The molecule has 0 amide bonds. The van der Waals surface area contributed by atoms with Crippen molar-refractivity contribution in [2.24, 2.45) is 5.92 Å². The van der Waals surface area contributed by atoms with Gasteiger partial charge in [0.1, 0.15) is 12.1 Å². The molecule has 0 radical (unpaired) electrons. The van der Waals surface area contributed by atoms with E-state index in [-0.39, 0.29) is 86.8 Å². The van der Waals surface area contributed by atoms with E-state index in [2.05, 4.69) is 0 Å². The molecule has 2 rings (SSSR count). The third kappa shape index (κ3) is 4.91. The third-order valence-corrected chi connectivity index (χ3v) is 3.18. The number of hydrogen-bond donors (Lipinski definition) is 0. The van der Waals surface area contributed by atoms with Gasteiger partial charge in [-0.25, -0.2) is 11.0 Å². The summed E-state index contributed by atoms with van der Waals surface area (Å²) < 4.78 is 23.9. The van der Waals surface area contributed by atoms with Crippen molar-refractivity contribution in [3.8, 4) is 0 Å². The number of halogens is 3. The minimum absolute atomic E-state index is 0. The van der Waals surface area contributed by atoms with Gasteiger partial charge in [-0.05, 0) is 24.1 Å². The number of ether oxygens (including phenoxy) is 2. The Morgan fingerprint density at radius 3 is 2.78 bits per heavy atom. The Hall–Kier alpha value is 1.70. The van der Waals surface area contributed by atoms with Crippen LogP contribution in [0.3, 0.4) is 0 Å². The molecule has 18 heavy (non-hydrogen) atoms. The van der Waals surface area contributed by atoms with Crippen LogP contribution in [-0.2, 0) is 16.1 Å². The maximum Gasteiger partial charge on any atom is 1.00 e. The van der Waals surface area contributed by atoms with Crippen LogP contribution in [0.5, 0.6) is 0 Å². The molecule has 0 spiro atoms. The first-order valence-corrected chi connectivity index (χ1v) is 6.05. The summed E-state index contributed by atoms with van der Waals surface area (Å²) in [4.78, 5) is 0. The Bertz CT molecular complexity index is 417. The second-order valence-electron chi connectivity index (χ2n) is 4.08. The zero-order chi connectivity index (χ0) is 12.4. The largest absolute Gasteiger partial charge is 1.00 e. The first-order chi connectivity index (χ1) is 8.06. The van der Waals surface area contributed by atoms with E-state index in [0.717, 1.165) is 6.42 Å². The average Bonchev–Trinajstić information content (AvgIpc) is 2.68. The van der Waals surface area contributed by atoms with Crippen LogP contribution < -0.4 is 68.9 Å². The molecule has 0 bridgehead atoms. The second-order valence-corrected chi connectivity index (χ2v) is 4.90. The van der Waals surface area contributed by atoms with Gasteiger partial charge < -0.3 is 9.47 Å². The van der Waals surface area contributed by atoms with E-state index in [4.69, 9.17) is 32.7 Å². The predicted molar refractivity (Wildman–Crippen MR) is 64.2 cm³/mol. The Kier molecular flexibility index (Phi) is 8.11. The van der Waals surface area contributed by atoms with Crippen LogP contribution in [0.15, 0.2) is 12.1 Å². The molecule has 1 aromatic carbocycles. The van der Waals surface area contributed by atoms with E-state index in [9.17, 15) is 4.39 Å². The molecule has 1 unspecified atom stereocenters. The monoisotopic (exact) mass is 410 g/mol. The van der Waals surface area contributed by atoms with Crippen LogP contribution in [-0.4, -0.2) is 6.29 Å². The third-order valence-electron chi connectivity index (χ3n) is 2.54. The SMILES string of the molecule is C[C@H]1[CH-]OC(OCc2cc(Cl)c(F)cc2Cl)C1.[Cs+]. The molecule has 1 aromatic rings. The standard InChI is InChI=1S/C12H12Cl2FO2.Cs/c1-7-2-12(16-5-7)17-6-8-3-10(14)11(15)4-9(8)13;/h3-5,7,12H,2,6H2,1H3;/q-1;+1/t7-,12?;/m1./s1. The first kappa shape index (κ1) is 17.8. The van der Waals surface area contributed by atoms with Crippen molar-refractivity contribution in [3.05, 3.63) is 40.2 Å². The van der Waals surface area contributed by atoms with E-state index < -0.39 is 5.82 Å². The summed E-state index contributed by atoms with van der Waals surface area (Å²) in [5.74, 6) is -0.147. The molecule has 1 aliphatic heterocycles. The van der Waals surface area contributed by atoms with Gasteiger partial charge in [-0.3, -0.25) is 0 Å². The Morgan fingerprint density at radius 1 is 1.44 bits per heavy atom. The molecule has 0 N–H and O–H groups in total. The summed E-state index contributed by atoms with van der Waals surface area (Å²) in [5, 5.41) is 0.349. The minimum atomic E-state index is -0.528. The number of benzene rings is 1. The Labute approximate surface area is 175 Å². The number of rotatable bonds is 3. The average molecular weight is 411 g/mol. The van der Waals surface area contributed by atoms with Gasteiger partial charge in [0.05, 0.1) is 11.6 Å². The van der Waals surface area contributed by atoms with Crippen LogP contribution in [0.2, 0.25) is 10.0 Å². The van der Waals surface area contributed by atoms with Crippen molar-refractivity contribution in [2.45, 2.75) is 26.2 Å². The fraction of sp³-hybridized carbons (Fsp3) is 0.417. The van der Waals surface area contributed by atoms with E-state index in [0.29, 0.717) is 16.5 Å². The smallest absolute Gasteiger partial charge is 0.529 e. The topological polar surface area (TPSA) is 18.5 Å². The molecule has 0 aliphatic carbocycles. The van der Waals surface area contributed by atoms with Gasteiger partial charge in [0, 0.05) is 5.02 Å². The molecule has 1 aliphatic rings. The van der Waals surface area contributed by atoms with Gasteiger partial charge in [-0.15, -0.1) is 5.92 Å². The van der Waals surface area contributed by atoms with E-state index in [1.165, 1.54) is 12.1 Å². The Balaban J connectivity index is 0.00000162. The summed E-state index contributed by atoms with van der Waals surface area (Å²) in [6.45, 7) is 4.05. The van der Waals surface area contributed by atoms with Gasteiger partial charge in [0.25, 0.3) is 0 Å². The molecule has 2 nitrogen and oxygen atoms in total. The van der Waals surface area contributed by atoms with Crippen LogP contribution in [0, 0.1) is 18.3 Å². The van der Waals surface area contributed by atoms with Crippen molar-refractivity contribution in [1.82, 2.24) is 0 Å². The van der Waals surface area contributed by atoms with Crippen molar-refractivity contribution in [2.75, 3.05) is 0 Å². The van der Waals surface area contributed by atoms with Gasteiger partial charge in [-0.2, -0.15) is 0 Å². The van der Waals surface area contributed by atoms with Crippen molar-refractivity contribution in [1.29, 1.82) is 0 Å². The van der Waals surface area contributed by atoms with Gasteiger partial charge in [0.15, 0.2) is 0 Å². The molecule has 1 saturated heterocycles. The molecule has 94 valence electrons. The second kappa shape index (κ2) is 8.22. The van der Waals surface area contributed by atoms with Crippen molar-refractivity contribution in [3.63, 3.8) is 0 Å². The summed E-state index contributed by atoms with van der Waals surface area (Å²) in [6, 6.07) is 2.66. The zero-order valence-electron chi connectivity index (χ0n) is 10.3. The van der Waals surface area contributed by atoms with Crippen LogP contribution in [0.4, 0.5) is 4.39 Å². The molecule has 0 saturated carbocycles. The first-order valence-electron chi connectivity index (χ1n) is 5.30. The summed E-state index contributed by atoms with van der Waals surface area (Å²) in [6.07, 6.45) is 0.553. The fourth-order valence-corrected chi connectivity index (χ4v) is 1.99. The molecular weight excluding hydrogens is 399 g/mol. The maximum atomic E-state index is 13.1. The van der Waals surface area contributed by atoms with Crippen LogP contribution in [0.1, 0.15) is 18.9 Å². The van der Waals surface area contributed by atoms with Crippen LogP contribution >= 0.6 is 23.2 Å². The minimum Gasteiger partial charge on any atom is -0.529 e. The predicted octanol–water partition coefficient (Wildman–Crippen LogP) is 1.20. The van der Waals surface area contributed by atoms with Crippen molar-refractivity contribution < 1.29 is 82.8 Å². The van der Waals surface area contributed by atoms with Gasteiger partial charge in [0.2, 0.25) is 0 Å². The summed E-state index contributed by atoms with van der Waals surface area (Å²) in [7, 11) is 0. The molecule has 6 heteroatoms. The van der Waals surface area contributed by atoms with Gasteiger partial charge >= 0.3 is 68.9 Å². The number of hydrogen-bond acceptors (Lipinski definition) is 2. The van der Waals surface area contributed by atoms with E-state index >= 15 is 0 Å². The fourth-order valence-electron chi connectivity index (χ4n) is 1.60.